The molecule has 0 aliphatic rings. The highest BCUT2D eigenvalue weighted by atomic mass is 15.2. The number of hydrogen-bond donors (Lipinski definition) is 0. The molecule has 0 atom stereocenters. The van der Waals surface area contributed by atoms with Crippen molar-refractivity contribution in [2.45, 2.75) is 0 Å². The van der Waals surface area contributed by atoms with Gasteiger partial charge in [0.15, 0.2) is 11.6 Å². The van der Waals surface area contributed by atoms with Gasteiger partial charge in [-0.2, -0.15) is 9.97 Å². The Morgan fingerprint density at radius 3 is 1.13 bits per heavy atom. The van der Waals surface area contributed by atoms with Gasteiger partial charge >= 0.3 is 0 Å². The van der Waals surface area contributed by atoms with Crippen LogP contribution in [0.3, 0.4) is 0 Å². The first-order chi connectivity index (χ1) is 31.2. The van der Waals surface area contributed by atoms with Gasteiger partial charge in [0.05, 0.1) is 33.1 Å². The first kappa shape index (κ1) is 35.2. The Labute approximate surface area is 362 Å². The summed E-state index contributed by atoms with van der Waals surface area (Å²) in [5, 5.41) is 7.08. The van der Waals surface area contributed by atoms with Crippen molar-refractivity contribution in [2.24, 2.45) is 0 Å². The van der Waals surface area contributed by atoms with Crippen molar-refractivity contribution in [2.75, 3.05) is 0 Å². The second kappa shape index (κ2) is 14.0. The highest BCUT2D eigenvalue weighted by Crippen LogP contribution is 2.40. The molecule has 13 aromatic rings. The average molecular weight is 805 g/mol. The number of hydrogen-bond acceptors (Lipinski definition) is 3. The summed E-state index contributed by atoms with van der Waals surface area (Å²) in [6, 6.07) is 77.5. The first-order valence-corrected chi connectivity index (χ1v) is 21.3. The van der Waals surface area contributed by atoms with Crippen molar-refractivity contribution in [3.63, 3.8) is 0 Å². The SMILES string of the molecule is c1ccc(-c2ccc3c4ccccc4n(-c4ccc5c(c4)c4cc(-n6c7ccccc7c7ccccc76)ccc4n5-c4nc(-c5ccccc5)nc(-c5ccccc5)n4)c3c2)cc1. The molecule has 0 fully saturated rings. The maximum Gasteiger partial charge on any atom is 0.238 e. The Hall–Kier alpha value is -8.61. The molecule has 0 spiro atoms. The Kier molecular flexibility index (Phi) is 7.80. The zero-order valence-corrected chi connectivity index (χ0v) is 34.0. The van der Waals surface area contributed by atoms with Crippen LogP contribution >= 0.6 is 0 Å². The first-order valence-electron chi connectivity index (χ1n) is 21.3. The van der Waals surface area contributed by atoms with Crippen LogP contribution < -0.4 is 0 Å². The summed E-state index contributed by atoms with van der Waals surface area (Å²) >= 11 is 0. The van der Waals surface area contributed by atoms with Crippen LogP contribution in [-0.4, -0.2) is 28.7 Å². The van der Waals surface area contributed by atoms with E-state index in [4.69, 9.17) is 15.0 Å². The summed E-state index contributed by atoms with van der Waals surface area (Å²) in [5.41, 5.74) is 13.0. The van der Waals surface area contributed by atoms with E-state index in [1.165, 1.54) is 43.7 Å². The van der Waals surface area contributed by atoms with Gasteiger partial charge in [-0.3, -0.25) is 4.57 Å². The van der Waals surface area contributed by atoms with Crippen LogP contribution in [0.1, 0.15) is 0 Å². The highest BCUT2D eigenvalue weighted by Gasteiger charge is 2.22. The summed E-state index contributed by atoms with van der Waals surface area (Å²) in [6.07, 6.45) is 0. The number of para-hydroxylation sites is 3. The van der Waals surface area contributed by atoms with Gasteiger partial charge in [-0.1, -0.05) is 158 Å². The third-order valence-corrected chi connectivity index (χ3v) is 12.5. The maximum atomic E-state index is 5.25. The summed E-state index contributed by atoms with van der Waals surface area (Å²) in [7, 11) is 0. The summed E-state index contributed by atoms with van der Waals surface area (Å²) < 4.78 is 7.02. The largest absolute Gasteiger partial charge is 0.309 e. The van der Waals surface area contributed by atoms with Gasteiger partial charge in [0, 0.05) is 54.8 Å². The predicted octanol–water partition coefficient (Wildman–Crippen LogP) is 14.2. The lowest BCUT2D eigenvalue weighted by Gasteiger charge is -2.12. The molecule has 6 heteroatoms. The van der Waals surface area contributed by atoms with E-state index >= 15 is 0 Å². The van der Waals surface area contributed by atoms with E-state index in [9.17, 15) is 0 Å². The minimum absolute atomic E-state index is 0.560. The maximum absolute atomic E-state index is 5.25. The van der Waals surface area contributed by atoms with Gasteiger partial charge in [-0.25, -0.2) is 4.98 Å². The van der Waals surface area contributed by atoms with E-state index in [2.05, 4.69) is 196 Å². The van der Waals surface area contributed by atoms with Crippen LogP contribution in [0.15, 0.2) is 218 Å². The molecule has 0 unspecified atom stereocenters. The van der Waals surface area contributed by atoms with Gasteiger partial charge in [0.1, 0.15) is 0 Å². The van der Waals surface area contributed by atoms with E-state index in [0.717, 1.165) is 55.3 Å². The molecule has 6 nitrogen and oxygen atoms in total. The van der Waals surface area contributed by atoms with E-state index in [-0.39, 0.29) is 0 Å². The second-order valence-electron chi connectivity index (χ2n) is 16.1. The summed E-state index contributed by atoms with van der Waals surface area (Å²) in [5.74, 6) is 1.80. The normalized spacial score (nSPS) is 11.8. The molecule has 0 N–H and O–H groups in total. The molecule has 63 heavy (non-hydrogen) atoms. The zero-order chi connectivity index (χ0) is 41.4. The van der Waals surface area contributed by atoms with E-state index < -0.39 is 0 Å². The Morgan fingerprint density at radius 2 is 0.635 bits per heavy atom. The standard InChI is InChI=1S/C57H36N6/c1-4-16-37(17-5-1)40-28-31-46-45-24-12-15-27-51(45)62(54(46)34-40)42-30-33-53-48(36-42)47-35-41(61-49-25-13-10-22-43(49)44-23-11-14-26-50(44)61)29-32-52(47)63(53)57-59-55(38-18-6-2-7-19-38)58-56(60-57)39-20-8-3-9-21-39/h1-36H. The molecule has 9 aromatic carbocycles. The number of rotatable bonds is 6. The third kappa shape index (κ3) is 5.55. The molecular weight excluding hydrogens is 769 g/mol. The number of benzene rings is 9. The van der Waals surface area contributed by atoms with E-state index in [1.807, 2.05) is 36.4 Å². The van der Waals surface area contributed by atoms with Crippen LogP contribution in [0.2, 0.25) is 0 Å². The second-order valence-corrected chi connectivity index (χ2v) is 16.1. The van der Waals surface area contributed by atoms with Crippen LogP contribution in [0, 0.1) is 0 Å². The molecule has 0 aliphatic heterocycles. The van der Waals surface area contributed by atoms with E-state index in [0.29, 0.717) is 17.6 Å². The third-order valence-electron chi connectivity index (χ3n) is 12.5. The van der Waals surface area contributed by atoms with Gasteiger partial charge in [-0.05, 0) is 71.8 Å². The summed E-state index contributed by atoms with van der Waals surface area (Å²) in [4.78, 5) is 15.5. The molecule has 0 amide bonds. The van der Waals surface area contributed by atoms with Gasteiger partial charge in [0.2, 0.25) is 5.95 Å². The van der Waals surface area contributed by atoms with Gasteiger partial charge in [0.25, 0.3) is 0 Å². The van der Waals surface area contributed by atoms with Crippen LogP contribution in [0.5, 0.6) is 0 Å². The fourth-order valence-electron chi connectivity index (χ4n) is 9.65. The minimum Gasteiger partial charge on any atom is -0.309 e. The molecule has 0 bridgehead atoms. The van der Waals surface area contributed by atoms with Gasteiger partial charge < -0.3 is 9.13 Å². The number of aromatic nitrogens is 6. The average Bonchev–Trinajstić information content (AvgIpc) is 3.99. The predicted molar refractivity (Wildman–Crippen MR) is 259 cm³/mol. The minimum atomic E-state index is 0.560. The molecule has 0 aliphatic carbocycles. The molecule has 13 rings (SSSR count). The Morgan fingerprint density at radius 1 is 0.238 bits per heavy atom. The molecule has 0 saturated heterocycles. The van der Waals surface area contributed by atoms with Crippen molar-refractivity contribution < 1.29 is 0 Å². The zero-order valence-electron chi connectivity index (χ0n) is 34.0. The molecule has 0 radical (unpaired) electrons. The molecule has 4 aromatic heterocycles. The quantitative estimate of drug-likeness (QED) is 0.168. The van der Waals surface area contributed by atoms with Crippen molar-refractivity contribution in [3.8, 4) is 51.2 Å². The van der Waals surface area contributed by atoms with Crippen molar-refractivity contribution >= 4 is 65.4 Å². The van der Waals surface area contributed by atoms with Crippen molar-refractivity contribution in [1.82, 2.24) is 28.7 Å². The van der Waals surface area contributed by atoms with Crippen LogP contribution in [0.4, 0.5) is 0 Å². The van der Waals surface area contributed by atoms with Crippen molar-refractivity contribution in [1.29, 1.82) is 0 Å². The fourth-order valence-corrected chi connectivity index (χ4v) is 9.65. The van der Waals surface area contributed by atoms with Crippen molar-refractivity contribution in [3.05, 3.63) is 218 Å². The fraction of sp³-hybridized carbons (Fsp3) is 0. The van der Waals surface area contributed by atoms with Crippen LogP contribution in [0.25, 0.3) is 117 Å². The highest BCUT2D eigenvalue weighted by molar-refractivity contribution is 6.14. The summed E-state index contributed by atoms with van der Waals surface area (Å²) in [6.45, 7) is 0. The Balaban J connectivity index is 1.11. The molecular formula is C57H36N6. The van der Waals surface area contributed by atoms with E-state index in [1.54, 1.807) is 0 Å². The lowest BCUT2D eigenvalue weighted by atomic mass is 10.0. The smallest absolute Gasteiger partial charge is 0.238 e. The topological polar surface area (TPSA) is 53.5 Å². The number of fused-ring (bicyclic) bond motifs is 9. The molecule has 294 valence electrons. The number of nitrogens with zero attached hydrogens (tertiary/aromatic N) is 6. The molecule has 0 saturated carbocycles. The lowest BCUT2D eigenvalue weighted by molar-refractivity contribution is 0.953. The monoisotopic (exact) mass is 804 g/mol. The van der Waals surface area contributed by atoms with Gasteiger partial charge in [-0.15, -0.1) is 0 Å². The molecule has 4 heterocycles. The van der Waals surface area contributed by atoms with Crippen LogP contribution in [-0.2, 0) is 0 Å². The Bertz CT molecular complexity index is 3790. The lowest BCUT2D eigenvalue weighted by Crippen LogP contribution is -2.06.